The summed E-state index contributed by atoms with van der Waals surface area (Å²) in [7, 11) is -2.65. The summed E-state index contributed by atoms with van der Waals surface area (Å²) in [5.41, 5.74) is 11.8. The van der Waals surface area contributed by atoms with E-state index in [0.29, 0.717) is 0 Å². The molecule has 0 aliphatic heterocycles. The molecule has 1 aliphatic rings. The molecule has 1 aliphatic carbocycles. The van der Waals surface area contributed by atoms with E-state index in [0.717, 1.165) is 38.5 Å². The maximum Gasteiger partial charge on any atom is -1.00 e. The summed E-state index contributed by atoms with van der Waals surface area (Å²) in [6.07, 6.45) is 11.4. The third-order valence-corrected chi connectivity index (χ3v) is 17.1. The van der Waals surface area contributed by atoms with Crippen LogP contribution in [0.2, 0.25) is 3.34 Å². The van der Waals surface area contributed by atoms with Crippen molar-refractivity contribution in [1.29, 1.82) is 0 Å². The van der Waals surface area contributed by atoms with Crippen molar-refractivity contribution in [1.82, 2.24) is 0 Å². The molecule has 0 radical (unpaired) electrons. The van der Waals surface area contributed by atoms with Crippen molar-refractivity contribution >= 4 is 23.6 Å². The number of benzene rings is 3. The van der Waals surface area contributed by atoms with Crippen molar-refractivity contribution in [3.8, 4) is 0 Å². The van der Waals surface area contributed by atoms with Gasteiger partial charge in [-0.05, 0) is 0 Å². The second-order valence-electron chi connectivity index (χ2n) is 11.4. The van der Waals surface area contributed by atoms with Crippen LogP contribution in [0.5, 0.6) is 0 Å². The Kier molecular flexibility index (Phi) is 15.1. The van der Waals surface area contributed by atoms with E-state index in [-0.39, 0.29) is 40.6 Å². The van der Waals surface area contributed by atoms with E-state index in [2.05, 4.69) is 143 Å². The molecule has 224 valence electrons. The first-order valence-corrected chi connectivity index (χ1v) is 18.0. The fraction of sp³-hybridized carbons (Fsp3) is 0.405. The van der Waals surface area contributed by atoms with E-state index in [4.69, 9.17) is 0 Å². The van der Waals surface area contributed by atoms with Gasteiger partial charge in [-0.15, -0.1) is 0 Å². The van der Waals surface area contributed by atoms with Crippen molar-refractivity contribution in [3.05, 3.63) is 111 Å². The van der Waals surface area contributed by atoms with Crippen LogP contribution in [-0.2, 0) is 59.0 Å². The van der Waals surface area contributed by atoms with E-state index in [1.807, 2.05) is 0 Å². The Hall–Kier alpha value is -1.06. The van der Waals surface area contributed by atoms with Crippen LogP contribution >= 0.6 is 0 Å². The first-order valence-electron chi connectivity index (χ1n) is 15.2. The summed E-state index contributed by atoms with van der Waals surface area (Å²) in [6.45, 7) is 18.6. The number of hydrogen-bond acceptors (Lipinski definition) is 0. The maximum absolute atomic E-state index is 2.65. The van der Waals surface area contributed by atoms with Crippen LogP contribution in [0.1, 0.15) is 88.8 Å². The SMILES string of the molecule is CCc1cc(CC)cc([Si](c2cc(CC)cc(CC)c2)(c2cc(CC)cc(CC)c2)[C]2([Ti+3])C=CC(C)=C2C)c1.[Cl-].[Cl-].[Cl-]. The largest absolute Gasteiger partial charge is 1.00 e. The van der Waals surface area contributed by atoms with Crippen molar-refractivity contribution < 1.29 is 57.7 Å². The summed E-state index contributed by atoms with van der Waals surface area (Å²) in [5, 5.41) is 4.72. The van der Waals surface area contributed by atoms with Gasteiger partial charge in [0.2, 0.25) is 0 Å². The molecule has 0 aromatic heterocycles. The molecular weight excluding hydrogens is 627 g/mol. The molecule has 3 aromatic carbocycles. The van der Waals surface area contributed by atoms with Gasteiger partial charge in [0.05, 0.1) is 0 Å². The Labute approximate surface area is 287 Å². The predicted molar refractivity (Wildman–Crippen MR) is 170 cm³/mol. The topological polar surface area (TPSA) is 0 Å². The molecule has 0 nitrogen and oxygen atoms in total. The molecule has 1 atom stereocenters. The fourth-order valence-corrected chi connectivity index (χ4v) is 14.9. The van der Waals surface area contributed by atoms with Gasteiger partial charge in [-0.2, -0.15) is 0 Å². The molecular formula is C37H47Cl3SiTi. The van der Waals surface area contributed by atoms with E-state index in [1.165, 1.54) is 44.5 Å². The molecule has 0 bridgehead atoms. The van der Waals surface area contributed by atoms with Crippen molar-refractivity contribution in [3.63, 3.8) is 0 Å². The number of allylic oxidation sites excluding steroid dienone is 4. The van der Waals surface area contributed by atoms with Gasteiger partial charge in [-0.25, -0.2) is 0 Å². The van der Waals surface area contributed by atoms with Gasteiger partial charge in [0.1, 0.15) is 0 Å². The van der Waals surface area contributed by atoms with Gasteiger partial charge in [0, 0.05) is 0 Å². The van der Waals surface area contributed by atoms with Gasteiger partial charge < -0.3 is 37.2 Å². The maximum atomic E-state index is 2.60. The normalized spacial score (nSPS) is 16.1. The van der Waals surface area contributed by atoms with Gasteiger partial charge in [0.25, 0.3) is 0 Å². The van der Waals surface area contributed by atoms with Crippen LogP contribution in [0, 0.1) is 0 Å². The summed E-state index contributed by atoms with van der Waals surface area (Å²) < 4.78 is -0.0663. The Morgan fingerprint density at radius 2 is 0.762 bits per heavy atom. The summed E-state index contributed by atoms with van der Waals surface area (Å²) in [4.78, 5) is 0. The molecule has 0 spiro atoms. The average Bonchev–Trinajstić information content (AvgIpc) is 3.24. The van der Waals surface area contributed by atoms with E-state index in [1.54, 1.807) is 15.6 Å². The molecule has 0 saturated carbocycles. The van der Waals surface area contributed by atoms with Crippen LogP contribution < -0.4 is 52.8 Å². The Morgan fingerprint density at radius 3 is 0.952 bits per heavy atom. The Bertz CT molecular complexity index is 1220. The van der Waals surface area contributed by atoms with Crippen molar-refractivity contribution in [2.45, 2.75) is 97.3 Å². The standard InChI is InChI=1S/C37H47Si.3ClH.Ti/c1-9-28-17-29(10-2)21-34(20-28)38(37-16-15-26(7)27(37)8,35-22-30(11-3)18-31(12-4)23-35)36-24-32(13-5)19-33(14-6)25-36;;;;/h15-25H,9-14H2,1-8H3;3*1H;/q;;;;+3/p-3. The zero-order chi connectivity index (χ0) is 28.4. The number of hydrogen-bond donors (Lipinski definition) is 0. The zero-order valence-corrected chi connectivity index (χ0v) is 31.6. The summed E-state index contributed by atoms with van der Waals surface area (Å²) in [5.74, 6) is 0. The summed E-state index contributed by atoms with van der Waals surface area (Å²) >= 11 is 2.57. The minimum absolute atomic E-state index is 0. The molecule has 0 fully saturated rings. The quantitative estimate of drug-likeness (QED) is 0.186. The first kappa shape index (κ1) is 39.0. The van der Waals surface area contributed by atoms with E-state index in [9.17, 15) is 0 Å². The Balaban J connectivity index is 0.00000294. The molecule has 3 aromatic rings. The molecule has 0 saturated heterocycles. The summed E-state index contributed by atoms with van der Waals surface area (Å²) in [6, 6.07) is 22.9. The molecule has 0 heterocycles. The second-order valence-corrected chi connectivity index (χ2v) is 17.5. The monoisotopic (exact) mass is 672 g/mol. The smallest absolute Gasteiger partial charge is 1.00 e. The van der Waals surface area contributed by atoms with Crippen molar-refractivity contribution in [2.24, 2.45) is 0 Å². The van der Waals surface area contributed by atoms with Crippen molar-refractivity contribution in [2.75, 3.05) is 0 Å². The van der Waals surface area contributed by atoms with Gasteiger partial charge >= 0.3 is 253 Å². The number of rotatable bonds is 10. The number of halogens is 3. The minimum Gasteiger partial charge on any atom is -1.00 e. The zero-order valence-electron chi connectivity index (χ0n) is 26.7. The third kappa shape index (κ3) is 6.93. The average molecular weight is 674 g/mol. The molecule has 1 unspecified atom stereocenters. The molecule has 4 rings (SSSR count). The fourth-order valence-electron chi connectivity index (χ4n) is 6.56. The van der Waals surface area contributed by atoms with E-state index < -0.39 is 8.07 Å². The molecule has 0 N–H and O–H groups in total. The molecule has 0 amide bonds. The molecule has 5 heteroatoms. The van der Waals surface area contributed by atoms with Crippen LogP contribution in [0.15, 0.2) is 77.9 Å². The van der Waals surface area contributed by atoms with Crippen LogP contribution in [0.3, 0.4) is 0 Å². The minimum atomic E-state index is -2.65. The van der Waals surface area contributed by atoms with Gasteiger partial charge in [-0.1, -0.05) is 0 Å². The first-order chi connectivity index (χ1) is 18.7. The van der Waals surface area contributed by atoms with Gasteiger partial charge in [-0.3, -0.25) is 0 Å². The van der Waals surface area contributed by atoms with Crippen LogP contribution in [0.4, 0.5) is 0 Å². The van der Waals surface area contributed by atoms with Crippen LogP contribution in [-0.4, -0.2) is 8.07 Å². The molecule has 42 heavy (non-hydrogen) atoms. The van der Waals surface area contributed by atoms with Crippen LogP contribution in [0.25, 0.3) is 0 Å². The van der Waals surface area contributed by atoms with Gasteiger partial charge in [0.15, 0.2) is 0 Å². The third-order valence-electron chi connectivity index (χ3n) is 9.26. The number of aryl methyl sites for hydroxylation is 6. The Morgan fingerprint density at radius 1 is 0.500 bits per heavy atom. The van der Waals surface area contributed by atoms with E-state index >= 15 is 0 Å². The second kappa shape index (κ2) is 16.3. The predicted octanol–water partition coefficient (Wildman–Crippen LogP) is -1.31.